The number of aromatic hydroxyl groups is 1. The Kier molecular flexibility index (Phi) is 8.26. The molecular weight excluding hydrogens is 344 g/mol. The molecule has 2 N–H and O–H groups in total. The summed E-state index contributed by atoms with van der Waals surface area (Å²) in [4.78, 5) is 11.8. The third-order valence-corrected chi connectivity index (χ3v) is 3.11. The first kappa shape index (κ1) is 19.4. The Balaban J connectivity index is 0.000000412. The summed E-state index contributed by atoms with van der Waals surface area (Å²) in [5.41, 5.74) is 4.29. The van der Waals surface area contributed by atoms with Crippen LogP contribution in [0.2, 0.25) is 0 Å². The molecule has 3 aromatic rings. The van der Waals surface area contributed by atoms with Gasteiger partial charge in [-0.1, -0.05) is 12.1 Å². The van der Waals surface area contributed by atoms with E-state index in [1.165, 1.54) is 12.1 Å². The molecule has 3 aromatic carbocycles. The Bertz CT molecular complexity index is 730. The van der Waals surface area contributed by atoms with Crippen molar-refractivity contribution in [3.63, 3.8) is 0 Å². The summed E-state index contributed by atoms with van der Waals surface area (Å²) in [5.74, 6) is -0.491. The van der Waals surface area contributed by atoms with Crippen LogP contribution in [0.15, 0.2) is 84.0 Å². The summed E-state index contributed by atoms with van der Waals surface area (Å²) in [6.45, 7) is 1.81. The molecule has 24 heavy (non-hydrogen) atoms. The summed E-state index contributed by atoms with van der Waals surface area (Å²) in [6, 6.07) is 24.0. The van der Waals surface area contributed by atoms with Crippen molar-refractivity contribution in [2.45, 2.75) is 6.92 Å². The van der Waals surface area contributed by atoms with Gasteiger partial charge in [0.05, 0.1) is 5.56 Å². The van der Waals surface area contributed by atoms with Crippen LogP contribution in [0.1, 0.15) is 22.8 Å². The number of hydrogen-bond acceptors (Lipinski definition) is 3. The first-order chi connectivity index (χ1) is 11.2. The van der Waals surface area contributed by atoms with Crippen LogP contribution < -0.4 is 5.43 Å². The third kappa shape index (κ3) is 5.88. The first-order valence-electron chi connectivity index (χ1n) is 7.20. The van der Waals surface area contributed by atoms with Crippen LogP contribution in [0.5, 0.6) is 5.75 Å². The number of carbonyl (C=O) groups is 1. The van der Waals surface area contributed by atoms with Gasteiger partial charge in [-0.05, 0) is 19.1 Å². The molecule has 0 radical (unpaired) electrons. The average molecular weight is 362 g/mol. The van der Waals surface area contributed by atoms with Gasteiger partial charge in [0.25, 0.3) is 5.91 Å². The van der Waals surface area contributed by atoms with Crippen LogP contribution in [-0.2, 0) is 17.1 Å². The minimum Gasteiger partial charge on any atom is -0.507 e. The van der Waals surface area contributed by atoms with Crippen molar-refractivity contribution < 1.29 is 27.0 Å². The second-order valence-corrected chi connectivity index (χ2v) is 4.79. The van der Waals surface area contributed by atoms with Crippen LogP contribution >= 0.6 is 0 Å². The number of rotatable bonds is 3. The molecule has 124 valence electrons. The van der Waals surface area contributed by atoms with Crippen LogP contribution in [0.3, 0.4) is 0 Å². The summed E-state index contributed by atoms with van der Waals surface area (Å²) >= 11 is 0. The zero-order valence-electron chi connectivity index (χ0n) is 13.2. The summed E-state index contributed by atoms with van der Waals surface area (Å²) in [5, 5.41) is 13.5. The third-order valence-electron chi connectivity index (χ3n) is 3.11. The smallest absolute Gasteiger partial charge is 0.507 e. The van der Waals surface area contributed by atoms with Gasteiger partial charge in [0.1, 0.15) is 5.75 Å². The van der Waals surface area contributed by atoms with Gasteiger partial charge in [-0.15, -0.1) is 5.56 Å². The van der Waals surface area contributed by atoms with Gasteiger partial charge in [-0.3, -0.25) is 4.79 Å². The van der Waals surface area contributed by atoms with E-state index in [1.54, 1.807) is 19.1 Å². The normalized spacial score (nSPS) is 10.1. The quantitative estimate of drug-likeness (QED) is 0.323. The summed E-state index contributed by atoms with van der Waals surface area (Å²) in [7, 11) is 0. The minimum atomic E-state index is -0.431. The summed E-state index contributed by atoms with van der Waals surface area (Å²) in [6.07, 6.45) is 0. The molecule has 0 aliphatic carbocycles. The Morgan fingerprint density at radius 3 is 2.25 bits per heavy atom. The fourth-order valence-electron chi connectivity index (χ4n) is 1.86. The molecule has 5 heteroatoms. The van der Waals surface area contributed by atoms with Gasteiger partial charge in [-0.2, -0.15) is 35.4 Å². The molecule has 0 saturated heterocycles. The van der Waals surface area contributed by atoms with Gasteiger partial charge in [0.15, 0.2) is 0 Å². The van der Waals surface area contributed by atoms with E-state index in [4.69, 9.17) is 0 Å². The Morgan fingerprint density at radius 2 is 1.71 bits per heavy atom. The van der Waals surface area contributed by atoms with E-state index in [2.05, 4.69) is 10.5 Å². The van der Waals surface area contributed by atoms with E-state index in [-0.39, 0.29) is 28.4 Å². The zero-order chi connectivity index (χ0) is 16.5. The molecule has 3 rings (SSSR count). The fourth-order valence-corrected chi connectivity index (χ4v) is 1.86. The van der Waals surface area contributed by atoms with Gasteiger partial charge >= 0.3 is 17.1 Å². The topological polar surface area (TPSA) is 61.7 Å². The zero-order valence-corrected chi connectivity index (χ0v) is 14.3. The number of hydrazone groups is 1. The average Bonchev–Trinajstić information content (AvgIpc) is 3.28. The molecule has 0 atom stereocenters. The van der Waals surface area contributed by atoms with Gasteiger partial charge in [0.2, 0.25) is 0 Å². The Morgan fingerprint density at radius 1 is 1.08 bits per heavy atom. The number of nitrogens with zero attached hydrogens (tertiary/aromatic N) is 1. The minimum absolute atomic E-state index is 0. The molecule has 0 aliphatic heterocycles. The maximum atomic E-state index is 11.8. The maximum Gasteiger partial charge on any atom is 2.00 e. The van der Waals surface area contributed by atoms with E-state index in [0.29, 0.717) is 5.71 Å². The molecule has 0 aromatic heterocycles. The number of carbonyl (C=O) groups excluding carboxylic acids is 1. The molecule has 0 fully saturated rings. The molecule has 0 unspecified atom stereocenters. The number of hydrogen-bond donors (Lipinski definition) is 2. The Hall–Kier alpha value is -2.62. The van der Waals surface area contributed by atoms with Crippen molar-refractivity contribution in [2.24, 2.45) is 5.10 Å². The van der Waals surface area contributed by atoms with Crippen molar-refractivity contribution in [2.75, 3.05) is 0 Å². The van der Waals surface area contributed by atoms with Crippen molar-refractivity contribution in [3.05, 3.63) is 90.0 Å². The predicted octanol–water partition coefficient (Wildman–Crippen LogP) is 3.67. The molecule has 0 heterocycles. The van der Waals surface area contributed by atoms with Crippen molar-refractivity contribution >= 4 is 11.6 Å². The number of nitrogens with one attached hydrogen (secondary N) is 1. The molecule has 4 nitrogen and oxygen atoms in total. The van der Waals surface area contributed by atoms with E-state index < -0.39 is 5.91 Å². The van der Waals surface area contributed by atoms with Gasteiger partial charge in [-0.25, -0.2) is 29.7 Å². The molecule has 0 spiro atoms. The van der Waals surface area contributed by atoms with E-state index >= 15 is 0 Å². The molecule has 0 aliphatic rings. The van der Waals surface area contributed by atoms with Gasteiger partial charge < -0.3 is 5.11 Å². The van der Waals surface area contributed by atoms with Crippen LogP contribution in [-0.4, -0.2) is 16.7 Å². The number of benzene rings is 1. The van der Waals surface area contributed by atoms with Gasteiger partial charge in [0, 0.05) is 5.71 Å². The summed E-state index contributed by atoms with van der Waals surface area (Å²) < 4.78 is 0. The van der Waals surface area contributed by atoms with Crippen LogP contribution in [0.4, 0.5) is 0 Å². The van der Waals surface area contributed by atoms with E-state index in [1.807, 2.05) is 54.6 Å². The predicted molar refractivity (Wildman–Crippen MR) is 91.9 cm³/mol. The standard InChI is InChI=1S/C14H13N2O2.C5H5.Fe/c1-10(11-6-2-3-7-11)15-16-14(18)12-8-4-5-9-13(12)17;1-2-4-5-3-1;/h2-9,17H,1H3,(H,16,18);1-5H;/q2*-1;+2. The first-order valence-corrected chi connectivity index (χ1v) is 7.20. The number of phenolic OH excluding ortho intramolecular Hbond substituents is 1. The molecule has 0 saturated carbocycles. The Labute approximate surface area is 152 Å². The number of amides is 1. The van der Waals surface area contributed by atoms with Crippen LogP contribution in [0.25, 0.3) is 0 Å². The monoisotopic (exact) mass is 362 g/mol. The van der Waals surface area contributed by atoms with Crippen molar-refractivity contribution in [1.29, 1.82) is 0 Å². The maximum absolute atomic E-state index is 11.8. The number of para-hydroxylation sites is 1. The van der Waals surface area contributed by atoms with Crippen molar-refractivity contribution in [3.8, 4) is 5.75 Å². The van der Waals surface area contributed by atoms with E-state index in [0.717, 1.165) is 5.56 Å². The number of phenols is 1. The van der Waals surface area contributed by atoms with Crippen molar-refractivity contribution in [1.82, 2.24) is 5.43 Å². The van der Waals surface area contributed by atoms with Crippen LogP contribution in [0, 0.1) is 0 Å². The molecule has 1 amide bonds. The SMILES string of the molecule is CC(=NNC(=O)c1ccccc1O)[c-]1cccc1.[Fe+2].c1cc[cH-]c1. The fraction of sp³-hybridized carbons (Fsp3) is 0.0526. The second-order valence-electron chi connectivity index (χ2n) is 4.79. The second kappa shape index (κ2) is 10.2. The molecular formula is C19H18FeN2O2. The largest absolute Gasteiger partial charge is 2.00 e. The molecule has 0 bridgehead atoms. The van der Waals surface area contributed by atoms with E-state index in [9.17, 15) is 9.90 Å².